The molecule has 0 saturated carbocycles. The predicted octanol–water partition coefficient (Wildman–Crippen LogP) is 2.24. The highest BCUT2D eigenvalue weighted by molar-refractivity contribution is 7.98. The Balaban J connectivity index is 2.30. The zero-order valence-electron chi connectivity index (χ0n) is 15.6. The first-order valence-electron chi connectivity index (χ1n) is 8.41. The van der Waals surface area contributed by atoms with Crippen LogP contribution in [-0.4, -0.2) is 55.8 Å². The van der Waals surface area contributed by atoms with Gasteiger partial charge in [0.15, 0.2) is 5.96 Å². The van der Waals surface area contributed by atoms with Crippen LogP contribution in [0.5, 0.6) is 0 Å². The molecule has 1 aromatic rings. The van der Waals surface area contributed by atoms with Gasteiger partial charge in [-0.25, -0.2) is 4.79 Å². The number of amides is 1. The summed E-state index contributed by atoms with van der Waals surface area (Å²) in [7, 11) is 0. The third-order valence-electron chi connectivity index (χ3n) is 2.89. The van der Waals surface area contributed by atoms with Crippen molar-refractivity contribution in [2.24, 2.45) is 4.99 Å². The Morgan fingerprint density at radius 1 is 1.24 bits per heavy atom. The lowest BCUT2D eigenvalue weighted by Gasteiger charge is -2.20. The third kappa shape index (κ3) is 11.4. The van der Waals surface area contributed by atoms with Crippen LogP contribution in [-0.2, 0) is 11.2 Å². The SMILES string of the molecule is CSCCN=C(NCCNC(=O)OC(C)(C)C)NCCc1ccco1. The van der Waals surface area contributed by atoms with Crippen LogP contribution in [0.1, 0.15) is 26.5 Å². The van der Waals surface area contributed by atoms with Crippen molar-refractivity contribution in [3.63, 3.8) is 0 Å². The van der Waals surface area contributed by atoms with E-state index in [1.165, 1.54) is 0 Å². The van der Waals surface area contributed by atoms with Gasteiger partial charge >= 0.3 is 6.09 Å². The van der Waals surface area contributed by atoms with Crippen LogP contribution in [0.15, 0.2) is 27.8 Å². The molecule has 25 heavy (non-hydrogen) atoms. The predicted molar refractivity (Wildman–Crippen MR) is 103 cm³/mol. The van der Waals surface area contributed by atoms with Gasteiger partial charge in [0.25, 0.3) is 0 Å². The summed E-state index contributed by atoms with van der Waals surface area (Å²) in [6.07, 6.45) is 4.09. The van der Waals surface area contributed by atoms with E-state index < -0.39 is 11.7 Å². The van der Waals surface area contributed by atoms with Crippen LogP contribution >= 0.6 is 11.8 Å². The summed E-state index contributed by atoms with van der Waals surface area (Å²) in [4.78, 5) is 16.1. The molecule has 0 fully saturated rings. The molecule has 0 radical (unpaired) electrons. The van der Waals surface area contributed by atoms with E-state index >= 15 is 0 Å². The molecule has 0 bridgehead atoms. The van der Waals surface area contributed by atoms with Gasteiger partial charge in [0.2, 0.25) is 0 Å². The van der Waals surface area contributed by atoms with Gasteiger partial charge in [-0.05, 0) is 39.2 Å². The van der Waals surface area contributed by atoms with Crippen LogP contribution in [0, 0.1) is 0 Å². The molecular weight excluding hydrogens is 340 g/mol. The highest BCUT2D eigenvalue weighted by Gasteiger charge is 2.15. The van der Waals surface area contributed by atoms with Gasteiger partial charge in [-0.2, -0.15) is 11.8 Å². The van der Waals surface area contributed by atoms with Gasteiger partial charge in [0.1, 0.15) is 11.4 Å². The fourth-order valence-corrected chi connectivity index (χ4v) is 2.12. The van der Waals surface area contributed by atoms with Crippen molar-refractivity contribution in [3.05, 3.63) is 24.2 Å². The number of rotatable bonds is 9. The number of alkyl carbamates (subject to hydrolysis) is 1. The van der Waals surface area contributed by atoms with Crippen molar-refractivity contribution >= 4 is 23.8 Å². The highest BCUT2D eigenvalue weighted by Crippen LogP contribution is 2.06. The first kappa shape index (κ1) is 21.2. The molecule has 1 rings (SSSR count). The molecule has 1 heterocycles. The molecule has 0 spiro atoms. The second-order valence-corrected chi connectivity index (χ2v) is 7.32. The van der Waals surface area contributed by atoms with E-state index in [1.54, 1.807) is 18.0 Å². The van der Waals surface area contributed by atoms with Crippen LogP contribution < -0.4 is 16.0 Å². The maximum atomic E-state index is 11.6. The zero-order chi connectivity index (χ0) is 18.5. The Labute approximate surface area is 154 Å². The number of hydrogen-bond acceptors (Lipinski definition) is 5. The summed E-state index contributed by atoms with van der Waals surface area (Å²) in [5.74, 6) is 2.62. The molecule has 0 atom stereocenters. The average Bonchev–Trinajstić information content (AvgIpc) is 3.02. The van der Waals surface area contributed by atoms with Crippen LogP contribution in [0.4, 0.5) is 4.79 Å². The number of furan rings is 1. The number of carbonyl (C=O) groups is 1. The molecule has 1 amide bonds. The van der Waals surface area contributed by atoms with E-state index in [4.69, 9.17) is 9.15 Å². The van der Waals surface area contributed by atoms with Crippen molar-refractivity contribution in [2.45, 2.75) is 32.8 Å². The molecule has 0 aromatic carbocycles. The second kappa shape index (κ2) is 11.7. The highest BCUT2D eigenvalue weighted by atomic mass is 32.2. The van der Waals surface area contributed by atoms with E-state index in [0.717, 1.165) is 37.0 Å². The Hall–Kier alpha value is -1.83. The Morgan fingerprint density at radius 2 is 1.96 bits per heavy atom. The van der Waals surface area contributed by atoms with Gasteiger partial charge in [-0.1, -0.05) is 0 Å². The first-order chi connectivity index (χ1) is 11.9. The fraction of sp³-hybridized carbons (Fsp3) is 0.647. The Kier molecular flexibility index (Phi) is 9.91. The van der Waals surface area contributed by atoms with Gasteiger partial charge in [0, 0.05) is 31.8 Å². The van der Waals surface area contributed by atoms with Gasteiger partial charge < -0.3 is 25.1 Å². The minimum atomic E-state index is -0.491. The Bertz CT molecular complexity index is 512. The lowest BCUT2D eigenvalue weighted by Crippen LogP contribution is -2.43. The smallest absolute Gasteiger partial charge is 0.407 e. The first-order valence-corrected chi connectivity index (χ1v) is 9.80. The monoisotopic (exact) mass is 370 g/mol. The molecule has 0 aliphatic heterocycles. The average molecular weight is 371 g/mol. The minimum absolute atomic E-state index is 0.416. The van der Waals surface area contributed by atoms with E-state index in [9.17, 15) is 4.79 Å². The van der Waals surface area contributed by atoms with Crippen LogP contribution in [0.2, 0.25) is 0 Å². The van der Waals surface area contributed by atoms with Crippen molar-refractivity contribution in [1.82, 2.24) is 16.0 Å². The van der Waals surface area contributed by atoms with E-state index in [2.05, 4.69) is 27.2 Å². The number of thioether (sulfide) groups is 1. The summed E-state index contributed by atoms with van der Waals surface area (Å²) >= 11 is 1.75. The third-order valence-corrected chi connectivity index (χ3v) is 3.49. The quantitative estimate of drug-likeness (QED) is 0.351. The molecule has 1 aromatic heterocycles. The van der Waals surface area contributed by atoms with E-state index in [-0.39, 0.29) is 0 Å². The number of guanidine groups is 1. The molecule has 142 valence electrons. The molecule has 0 aliphatic rings. The van der Waals surface area contributed by atoms with Crippen molar-refractivity contribution < 1.29 is 13.9 Å². The maximum absolute atomic E-state index is 11.6. The lowest BCUT2D eigenvalue weighted by atomic mass is 10.2. The molecule has 0 unspecified atom stereocenters. The number of nitrogens with zero attached hydrogens (tertiary/aromatic N) is 1. The summed E-state index contributed by atoms with van der Waals surface area (Å²) < 4.78 is 10.5. The number of nitrogens with one attached hydrogen (secondary N) is 3. The maximum Gasteiger partial charge on any atom is 0.407 e. The van der Waals surface area contributed by atoms with Crippen molar-refractivity contribution in [3.8, 4) is 0 Å². The van der Waals surface area contributed by atoms with E-state index in [1.807, 2.05) is 32.9 Å². The number of ether oxygens (including phenoxy) is 1. The minimum Gasteiger partial charge on any atom is -0.469 e. The second-order valence-electron chi connectivity index (χ2n) is 6.33. The topological polar surface area (TPSA) is 87.9 Å². The van der Waals surface area contributed by atoms with Gasteiger partial charge in [-0.15, -0.1) is 0 Å². The van der Waals surface area contributed by atoms with Gasteiger partial charge in [0.05, 0.1) is 12.8 Å². The Morgan fingerprint density at radius 3 is 2.60 bits per heavy atom. The van der Waals surface area contributed by atoms with Crippen molar-refractivity contribution in [2.75, 3.05) is 38.2 Å². The number of aliphatic imine (C=N–C) groups is 1. The molecule has 7 nitrogen and oxygen atoms in total. The largest absolute Gasteiger partial charge is 0.469 e. The summed E-state index contributed by atoms with van der Waals surface area (Å²) in [5, 5.41) is 9.19. The summed E-state index contributed by atoms with van der Waals surface area (Å²) in [6.45, 7) is 7.98. The van der Waals surface area contributed by atoms with Gasteiger partial charge in [-0.3, -0.25) is 4.99 Å². The molecule has 0 saturated heterocycles. The van der Waals surface area contributed by atoms with Crippen molar-refractivity contribution in [1.29, 1.82) is 0 Å². The molecule has 0 aliphatic carbocycles. The molecular formula is C17H30N4O3S. The summed E-state index contributed by atoms with van der Waals surface area (Å²) in [6, 6.07) is 3.83. The lowest BCUT2D eigenvalue weighted by molar-refractivity contribution is 0.0529. The fourth-order valence-electron chi connectivity index (χ4n) is 1.84. The van der Waals surface area contributed by atoms with Crippen LogP contribution in [0.25, 0.3) is 0 Å². The number of hydrogen-bond donors (Lipinski definition) is 3. The van der Waals surface area contributed by atoms with Crippen LogP contribution in [0.3, 0.4) is 0 Å². The number of carbonyl (C=O) groups excluding carboxylic acids is 1. The van der Waals surface area contributed by atoms with E-state index in [0.29, 0.717) is 13.1 Å². The normalized spacial score (nSPS) is 11.9. The molecule has 3 N–H and O–H groups in total. The molecule has 8 heteroatoms. The zero-order valence-corrected chi connectivity index (χ0v) is 16.4. The summed E-state index contributed by atoms with van der Waals surface area (Å²) in [5.41, 5.74) is -0.491. The standard InChI is InChI=1S/C17H30N4O3S/c1-17(2,3)24-16(22)21-10-9-19-15(20-11-13-25-4)18-8-7-14-6-5-12-23-14/h5-6,12H,7-11,13H2,1-4H3,(H,21,22)(H2,18,19,20).